The lowest BCUT2D eigenvalue weighted by Crippen LogP contribution is -2.36. The van der Waals surface area contributed by atoms with Crippen molar-refractivity contribution in [2.75, 3.05) is 13.6 Å². The van der Waals surface area contributed by atoms with Gasteiger partial charge in [0.2, 0.25) is 0 Å². The summed E-state index contributed by atoms with van der Waals surface area (Å²) in [5, 5.41) is 0. The van der Waals surface area contributed by atoms with Crippen LogP contribution in [0.25, 0.3) is 0 Å². The predicted molar refractivity (Wildman–Crippen MR) is 63.1 cm³/mol. The molecule has 0 aliphatic rings. The fraction of sp³-hybridized carbons (Fsp3) is 0.462. The SMILES string of the molecule is CCCN(C)C(C)C(=O)c1ccc(F)c(F)c1. The van der Waals surface area contributed by atoms with E-state index in [1.807, 2.05) is 18.9 Å². The van der Waals surface area contributed by atoms with Gasteiger partial charge in [-0.3, -0.25) is 9.69 Å². The van der Waals surface area contributed by atoms with Crippen molar-refractivity contribution in [3.63, 3.8) is 0 Å². The number of Topliss-reactive ketones (excluding diaryl/α,β-unsaturated/α-hetero) is 1. The zero-order chi connectivity index (χ0) is 13.0. The van der Waals surface area contributed by atoms with Crippen LogP contribution in [0, 0.1) is 11.6 Å². The summed E-state index contributed by atoms with van der Waals surface area (Å²) in [6.07, 6.45) is 0.936. The second-order valence-corrected chi connectivity index (χ2v) is 4.15. The van der Waals surface area contributed by atoms with Crippen LogP contribution < -0.4 is 0 Å². The molecule has 0 fully saturated rings. The zero-order valence-electron chi connectivity index (χ0n) is 10.3. The van der Waals surface area contributed by atoms with Crippen molar-refractivity contribution >= 4 is 5.78 Å². The standard InChI is InChI=1S/C13H17F2NO/c1-4-7-16(3)9(2)13(17)10-5-6-11(14)12(15)8-10/h5-6,8-9H,4,7H2,1-3H3. The molecular weight excluding hydrogens is 224 g/mol. The molecule has 0 spiro atoms. The van der Waals surface area contributed by atoms with E-state index in [1.165, 1.54) is 6.07 Å². The van der Waals surface area contributed by atoms with Crippen LogP contribution in [0.3, 0.4) is 0 Å². The first-order valence-corrected chi connectivity index (χ1v) is 5.66. The van der Waals surface area contributed by atoms with E-state index < -0.39 is 11.6 Å². The Labute approximate surface area is 100 Å². The molecule has 0 saturated heterocycles. The Hall–Kier alpha value is -1.29. The third kappa shape index (κ3) is 3.33. The number of halogens is 2. The molecule has 2 nitrogen and oxygen atoms in total. The van der Waals surface area contributed by atoms with Crippen LogP contribution in [0.1, 0.15) is 30.6 Å². The molecule has 1 aromatic rings. The Bertz CT molecular complexity index is 406. The second-order valence-electron chi connectivity index (χ2n) is 4.15. The monoisotopic (exact) mass is 241 g/mol. The number of carbonyl (C=O) groups excluding carboxylic acids is 1. The lowest BCUT2D eigenvalue weighted by atomic mass is 10.0. The van der Waals surface area contributed by atoms with Gasteiger partial charge >= 0.3 is 0 Å². The van der Waals surface area contributed by atoms with Crippen molar-refractivity contribution in [1.29, 1.82) is 0 Å². The third-order valence-corrected chi connectivity index (χ3v) is 2.82. The van der Waals surface area contributed by atoms with Gasteiger partial charge in [-0.25, -0.2) is 8.78 Å². The van der Waals surface area contributed by atoms with Gasteiger partial charge < -0.3 is 0 Å². The summed E-state index contributed by atoms with van der Waals surface area (Å²) >= 11 is 0. The van der Waals surface area contributed by atoms with E-state index in [-0.39, 0.29) is 17.4 Å². The Morgan fingerprint density at radius 1 is 1.35 bits per heavy atom. The van der Waals surface area contributed by atoms with Gasteiger partial charge in [0.15, 0.2) is 17.4 Å². The summed E-state index contributed by atoms with van der Waals surface area (Å²) in [7, 11) is 1.84. The number of rotatable bonds is 5. The molecule has 4 heteroatoms. The minimum atomic E-state index is -0.985. The van der Waals surface area contributed by atoms with Gasteiger partial charge in [0.1, 0.15) is 0 Å². The highest BCUT2D eigenvalue weighted by Gasteiger charge is 2.20. The van der Waals surface area contributed by atoms with Crippen LogP contribution in [0.15, 0.2) is 18.2 Å². The Morgan fingerprint density at radius 2 is 2.00 bits per heavy atom. The molecule has 0 bridgehead atoms. The average molecular weight is 241 g/mol. The number of ketones is 1. The first kappa shape index (κ1) is 13.8. The van der Waals surface area contributed by atoms with Gasteiger partial charge in [0.25, 0.3) is 0 Å². The molecule has 0 aromatic heterocycles. The highest BCUT2D eigenvalue weighted by atomic mass is 19.2. The van der Waals surface area contributed by atoms with Crippen LogP contribution >= 0.6 is 0 Å². The van der Waals surface area contributed by atoms with Gasteiger partial charge in [-0.2, -0.15) is 0 Å². The Morgan fingerprint density at radius 3 is 2.53 bits per heavy atom. The minimum Gasteiger partial charge on any atom is -0.297 e. The Balaban J connectivity index is 2.85. The van der Waals surface area contributed by atoms with E-state index in [1.54, 1.807) is 6.92 Å². The van der Waals surface area contributed by atoms with Crippen molar-refractivity contribution < 1.29 is 13.6 Å². The van der Waals surface area contributed by atoms with E-state index in [9.17, 15) is 13.6 Å². The largest absolute Gasteiger partial charge is 0.297 e. The molecule has 0 amide bonds. The van der Waals surface area contributed by atoms with E-state index in [4.69, 9.17) is 0 Å². The minimum absolute atomic E-state index is 0.195. The molecule has 1 unspecified atom stereocenters. The van der Waals surface area contributed by atoms with Gasteiger partial charge in [0, 0.05) is 5.56 Å². The van der Waals surface area contributed by atoms with Crippen molar-refractivity contribution in [2.45, 2.75) is 26.3 Å². The fourth-order valence-electron chi connectivity index (χ4n) is 1.64. The quantitative estimate of drug-likeness (QED) is 0.739. The van der Waals surface area contributed by atoms with Gasteiger partial charge in [-0.15, -0.1) is 0 Å². The lowest BCUT2D eigenvalue weighted by molar-refractivity contribution is 0.0868. The normalized spacial score (nSPS) is 12.8. The second kappa shape index (κ2) is 5.87. The number of hydrogen-bond donors (Lipinski definition) is 0. The first-order valence-electron chi connectivity index (χ1n) is 5.66. The zero-order valence-corrected chi connectivity index (χ0v) is 10.3. The van der Waals surface area contributed by atoms with Gasteiger partial charge in [0.05, 0.1) is 6.04 Å². The molecule has 0 saturated carbocycles. The van der Waals surface area contributed by atoms with Crippen LogP contribution in [0.4, 0.5) is 8.78 Å². The third-order valence-electron chi connectivity index (χ3n) is 2.82. The maximum atomic E-state index is 13.0. The maximum Gasteiger partial charge on any atom is 0.179 e. The molecule has 1 rings (SSSR count). The van der Waals surface area contributed by atoms with Crippen LogP contribution in [-0.4, -0.2) is 30.3 Å². The number of likely N-dealkylation sites (N-methyl/N-ethyl adjacent to an activating group) is 1. The summed E-state index contributed by atoms with van der Waals surface area (Å²) in [4.78, 5) is 13.9. The number of benzene rings is 1. The molecule has 0 radical (unpaired) electrons. The highest BCUT2D eigenvalue weighted by Crippen LogP contribution is 2.12. The van der Waals surface area contributed by atoms with Crippen molar-refractivity contribution in [2.24, 2.45) is 0 Å². The summed E-state index contributed by atoms with van der Waals surface area (Å²) in [6.45, 7) is 4.57. The van der Waals surface area contributed by atoms with Crippen LogP contribution in [0.2, 0.25) is 0 Å². The molecular formula is C13H17F2NO. The van der Waals surface area contributed by atoms with Gasteiger partial charge in [-0.1, -0.05) is 6.92 Å². The van der Waals surface area contributed by atoms with E-state index >= 15 is 0 Å². The molecule has 17 heavy (non-hydrogen) atoms. The molecule has 0 heterocycles. The van der Waals surface area contributed by atoms with Crippen LogP contribution in [-0.2, 0) is 0 Å². The predicted octanol–water partition coefficient (Wildman–Crippen LogP) is 2.88. The van der Waals surface area contributed by atoms with Crippen molar-refractivity contribution in [3.8, 4) is 0 Å². The summed E-state index contributed by atoms with van der Waals surface area (Å²) in [5.74, 6) is -2.11. The highest BCUT2D eigenvalue weighted by molar-refractivity contribution is 5.99. The smallest absolute Gasteiger partial charge is 0.179 e. The topological polar surface area (TPSA) is 20.3 Å². The number of carbonyl (C=O) groups is 1. The first-order chi connectivity index (χ1) is 7.97. The molecule has 0 aliphatic carbocycles. The lowest BCUT2D eigenvalue weighted by Gasteiger charge is -2.22. The van der Waals surface area contributed by atoms with Gasteiger partial charge in [-0.05, 0) is 45.1 Å². The molecule has 1 aromatic carbocycles. The summed E-state index contributed by atoms with van der Waals surface area (Å²) < 4.78 is 25.8. The number of hydrogen-bond acceptors (Lipinski definition) is 2. The maximum absolute atomic E-state index is 13.0. The molecule has 0 aliphatic heterocycles. The van der Waals surface area contributed by atoms with E-state index in [0.29, 0.717) is 0 Å². The van der Waals surface area contributed by atoms with Crippen molar-refractivity contribution in [3.05, 3.63) is 35.4 Å². The molecule has 1 atom stereocenters. The van der Waals surface area contributed by atoms with Crippen LogP contribution in [0.5, 0.6) is 0 Å². The van der Waals surface area contributed by atoms with E-state index in [0.717, 1.165) is 25.1 Å². The van der Waals surface area contributed by atoms with Crippen molar-refractivity contribution in [1.82, 2.24) is 4.90 Å². The summed E-state index contributed by atoms with van der Waals surface area (Å²) in [6, 6.07) is 2.92. The molecule has 0 N–H and O–H groups in total. The molecule has 94 valence electrons. The summed E-state index contributed by atoms with van der Waals surface area (Å²) in [5.41, 5.74) is 0.208. The fourth-order valence-corrected chi connectivity index (χ4v) is 1.64. The average Bonchev–Trinajstić information content (AvgIpc) is 2.31. The Kier molecular flexibility index (Phi) is 4.75. The number of nitrogens with zero attached hydrogens (tertiary/aromatic N) is 1. The van der Waals surface area contributed by atoms with E-state index in [2.05, 4.69) is 0 Å².